The third-order valence-corrected chi connectivity index (χ3v) is 2.36. The number of methoxy groups -OCH3 is 2. The molecule has 1 rings (SSSR count). The fourth-order valence-electron chi connectivity index (χ4n) is 1.49. The molecule has 0 saturated carbocycles. The molecule has 0 aliphatic rings. The van der Waals surface area contributed by atoms with E-state index in [2.05, 4.69) is 10.6 Å². The Labute approximate surface area is 120 Å². The number of hydrogen-bond acceptors (Lipinski definition) is 4. The summed E-state index contributed by atoms with van der Waals surface area (Å²) in [5.41, 5.74) is 1.75. The van der Waals surface area contributed by atoms with E-state index < -0.39 is 0 Å². The van der Waals surface area contributed by atoms with E-state index in [1.807, 2.05) is 24.3 Å². The summed E-state index contributed by atoms with van der Waals surface area (Å²) in [5, 5.41) is 5.84. The van der Waals surface area contributed by atoms with Gasteiger partial charge in [0, 0.05) is 32.0 Å². The van der Waals surface area contributed by atoms with Crippen LogP contribution in [0.5, 0.6) is 0 Å². The number of benzene rings is 1. The van der Waals surface area contributed by atoms with Crippen molar-refractivity contribution in [1.29, 1.82) is 0 Å². The maximum absolute atomic E-state index is 11.7. The van der Waals surface area contributed by atoms with Gasteiger partial charge in [0.05, 0.1) is 19.8 Å². The summed E-state index contributed by atoms with van der Waals surface area (Å²) in [7, 11) is 3.26. The van der Waals surface area contributed by atoms with Crippen LogP contribution in [0.3, 0.4) is 0 Å². The predicted molar refractivity (Wildman–Crippen MR) is 77.8 cm³/mol. The molecule has 0 aliphatic carbocycles. The van der Waals surface area contributed by atoms with Crippen molar-refractivity contribution >= 4 is 24.0 Å². The molecular weight excluding hydrogens is 268 g/mol. The molecule has 0 spiro atoms. The largest absolute Gasteiger partial charge is 0.383 e. The number of halogens is 1. The molecule has 108 valence electrons. The summed E-state index contributed by atoms with van der Waals surface area (Å²) < 4.78 is 9.96. The van der Waals surface area contributed by atoms with Gasteiger partial charge in [-0.15, -0.1) is 12.4 Å². The quantitative estimate of drug-likeness (QED) is 0.711. The van der Waals surface area contributed by atoms with Gasteiger partial charge in [0.25, 0.3) is 0 Å². The molecule has 0 heterocycles. The summed E-state index contributed by atoms with van der Waals surface area (Å²) in [4.78, 5) is 11.7. The normalized spacial score (nSPS) is 9.79. The third kappa shape index (κ3) is 7.12. The van der Waals surface area contributed by atoms with E-state index in [9.17, 15) is 4.79 Å². The maximum atomic E-state index is 11.7. The van der Waals surface area contributed by atoms with Crippen LogP contribution in [0.2, 0.25) is 0 Å². The lowest BCUT2D eigenvalue weighted by Crippen LogP contribution is -2.30. The van der Waals surface area contributed by atoms with Gasteiger partial charge in [-0.1, -0.05) is 18.2 Å². The van der Waals surface area contributed by atoms with Gasteiger partial charge in [0.15, 0.2) is 0 Å². The highest BCUT2D eigenvalue weighted by Crippen LogP contribution is 2.15. The van der Waals surface area contributed by atoms with E-state index in [1.54, 1.807) is 14.2 Å². The monoisotopic (exact) mass is 288 g/mol. The molecule has 0 unspecified atom stereocenters. The summed E-state index contributed by atoms with van der Waals surface area (Å²) in [6.45, 7) is 2.00. The number of nitrogens with one attached hydrogen (secondary N) is 2. The van der Waals surface area contributed by atoms with Crippen molar-refractivity contribution in [3.63, 3.8) is 0 Å². The van der Waals surface area contributed by atoms with E-state index in [1.165, 1.54) is 0 Å². The minimum atomic E-state index is -0.0744. The molecule has 0 bridgehead atoms. The lowest BCUT2D eigenvalue weighted by molar-refractivity contribution is -0.115. The second-order valence-corrected chi connectivity index (χ2v) is 3.81. The van der Waals surface area contributed by atoms with Crippen LogP contribution in [0, 0.1) is 0 Å². The Hall–Kier alpha value is -1.14. The highest BCUT2D eigenvalue weighted by atomic mass is 35.5. The number of carbonyl (C=O) groups excluding carboxylic acids is 1. The third-order valence-electron chi connectivity index (χ3n) is 2.36. The first-order valence-corrected chi connectivity index (χ1v) is 5.84. The van der Waals surface area contributed by atoms with Gasteiger partial charge < -0.3 is 20.1 Å². The number of para-hydroxylation sites is 1. The first-order chi connectivity index (χ1) is 8.77. The number of carbonyl (C=O) groups is 1. The average molecular weight is 289 g/mol. The fourth-order valence-corrected chi connectivity index (χ4v) is 1.49. The Balaban J connectivity index is 0.00000324. The maximum Gasteiger partial charge on any atom is 0.238 e. The Bertz CT molecular complexity index is 375. The average Bonchev–Trinajstić information content (AvgIpc) is 2.37. The zero-order chi connectivity index (χ0) is 13.2. The van der Waals surface area contributed by atoms with Crippen LogP contribution in [-0.2, 0) is 20.9 Å². The van der Waals surface area contributed by atoms with Gasteiger partial charge >= 0.3 is 0 Å². The van der Waals surface area contributed by atoms with Gasteiger partial charge in [-0.25, -0.2) is 0 Å². The van der Waals surface area contributed by atoms with Crippen LogP contribution < -0.4 is 10.6 Å². The van der Waals surface area contributed by atoms with Crippen LogP contribution in [0.1, 0.15) is 5.56 Å². The van der Waals surface area contributed by atoms with Crippen molar-refractivity contribution in [2.45, 2.75) is 6.61 Å². The second-order valence-electron chi connectivity index (χ2n) is 3.81. The molecular formula is C13H21ClN2O3. The molecule has 0 fully saturated rings. The standard InChI is InChI=1S/C13H20N2O3.ClH/c1-17-8-7-14-9-13(16)15-12-6-4-3-5-11(12)10-18-2;/h3-6,14H,7-10H2,1-2H3,(H,15,16);1H. The molecule has 19 heavy (non-hydrogen) atoms. The molecule has 5 nitrogen and oxygen atoms in total. The molecule has 0 aromatic heterocycles. The first-order valence-electron chi connectivity index (χ1n) is 5.84. The molecule has 1 aromatic carbocycles. The zero-order valence-corrected chi connectivity index (χ0v) is 12.1. The number of hydrogen-bond donors (Lipinski definition) is 2. The molecule has 0 aliphatic heterocycles. The van der Waals surface area contributed by atoms with E-state index in [0.717, 1.165) is 11.3 Å². The van der Waals surface area contributed by atoms with Gasteiger partial charge in [-0.3, -0.25) is 4.79 Å². The fraction of sp³-hybridized carbons (Fsp3) is 0.462. The molecule has 0 saturated heterocycles. The van der Waals surface area contributed by atoms with Gasteiger partial charge in [0.1, 0.15) is 0 Å². The van der Waals surface area contributed by atoms with Crippen LogP contribution in [-0.4, -0.2) is 39.8 Å². The highest BCUT2D eigenvalue weighted by molar-refractivity contribution is 5.92. The number of ether oxygens (including phenoxy) is 2. The van der Waals surface area contributed by atoms with Crippen LogP contribution >= 0.6 is 12.4 Å². The Morgan fingerprint density at radius 3 is 2.63 bits per heavy atom. The van der Waals surface area contributed by atoms with Crippen molar-refractivity contribution in [2.24, 2.45) is 0 Å². The number of rotatable bonds is 8. The van der Waals surface area contributed by atoms with E-state index in [4.69, 9.17) is 9.47 Å². The zero-order valence-electron chi connectivity index (χ0n) is 11.3. The van der Waals surface area contributed by atoms with Crippen LogP contribution in [0.25, 0.3) is 0 Å². The molecule has 6 heteroatoms. The molecule has 0 radical (unpaired) electrons. The lowest BCUT2D eigenvalue weighted by Gasteiger charge is -2.10. The van der Waals surface area contributed by atoms with Crippen molar-refractivity contribution in [3.05, 3.63) is 29.8 Å². The Morgan fingerprint density at radius 1 is 1.21 bits per heavy atom. The number of anilines is 1. The summed E-state index contributed by atoms with van der Waals surface area (Å²) >= 11 is 0. The van der Waals surface area contributed by atoms with Crippen molar-refractivity contribution in [3.8, 4) is 0 Å². The summed E-state index contributed by atoms with van der Waals surface area (Å²) in [6.07, 6.45) is 0. The van der Waals surface area contributed by atoms with Crippen LogP contribution in [0.4, 0.5) is 5.69 Å². The van der Waals surface area contributed by atoms with Crippen LogP contribution in [0.15, 0.2) is 24.3 Å². The van der Waals surface area contributed by atoms with Gasteiger partial charge in [-0.2, -0.15) is 0 Å². The van der Waals surface area contributed by atoms with E-state index >= 15 is 0 Å². The Kier molecular flexibility index (Phi) is 10.1. The topological polar surface area (TPSA) is 59.6 Å². The lowest BCUT2D eigenvalue weighted by atomic mass is 10.2. The Morgan fingerprint density at radius 2 is 1.95 bits per heavy atom. The molecule has 2 N–H and O–H groups in total. The van der Waals surface area contributed by atoms with Gasteiger partial charge in [-0.05, 0) is 6.07 Å². The molecule has 1 aromatic rings. The molecule has 1 amide bonds. The molecule has 0 atom stereocenters. The minimum Gasteiger partial charge on any atom is -0.383 e. The second kappa shape index (κ2) is 10.8. The summed E-state index contributed by atoms with van der Waals surface area (Å²) in [6, 6.07) is 7.59. The predicted octanol–water partition coefficient (Wildman–Crippen LogP) is 1.43. The number of amides is 1. The van der Waals surface area contributed by atoms with Crippen molar-refractivity contribution < 1.29 is 14.3 Å². The van der Waals surface area contributed by atoms with Crippen molar-refractivity contribution in [1.82, 2.24) is 5.32 Å². The van der Waals surface area contributed by atoms with Gasteiger partial charge in [0.2, 0.25) is 5.91 Å². The summed E-state index contributed by atoms with van der Waals surface area (Å²) in [5.74, 6) is -0.0744. The minimum absolute atomic E-state index is 0. The van der Waals surface area contributed by atoms with E-state index in [0.29, 0.717) is 19.8 Å². The SMILES string of the molecule is COCCNCC(=O)Nc1ccccc1COC.Cl. The smallest absolute Gasteiger partial charge is 0.238 e. The highest BCUT2D eigenvalue weighted by Gasteiger charge is 2.05. The first kappa shape index (κ1) is 17.9. The van der Waals surface area contributed by atoms with Crippen molar-refractivity contribution in [2.75, 3.05) is 39.2 Å². The van der Waals surface area contributed by atoms with E-state index in [-0.39, 0.29) is 24.9 Å².